The highest BCUT2D eigenvalue weighted by atomic mass is 16.4. The first-order valence-corrected chi connectivity index (χ1v) is 4.91. The van der Waals surface area contributed by atoms with Gasteiger partial charge in [0.2, 0.25) is 0 Å². The Kier molecular flexibility index (Phi) is 3.90. The van der Waals surface area contributed by atoms with Crippen molar-refractivity contribution in [1.29, 1.82) is 0 Å². The summed E-state index contributed by atoms with van der Waals surface area (Å²) in [4.78, 5) is 15.2. The van der Waals surface area contributed by atoms with Crippen LogP contribution in [0.5, 0.6) is 0 Å². The number of nitrogens with zero attached hydrogens (tertiary/aromatic N) is 1. The van der Waals surface area contributed by atoms with Crippen molar-refractivity contribution in [3.63, 3.8) is 0 Å². The maximum absolute atomic E-state index is 11.1. The Balaban J connectivity index is 3.12. The molecular weight excluding hydrogens is 204 g/mol. The first-order chi connectivity index (χ1) is 7.56. The summed E-state index contributed by atoms with van der Waals surface area (Å²) in [6, 6.07) is 1.75. The smallest absolute Gasteiger partial charge is 0.339 e. The molecule has 1 aromatic rings. The molecule has 0 aliphatic rings. The first-order valence-electron chi connectivity index (χ1n) is 4.91. The summed E-state index contributed by atoms with van der Waals surface area (Å²) in [7, 11) is 0. The summed E-state index contributed by atoms with van der Waals surface area (Å²) < 4.78 is 0. The van der Waals surface area contributed by atoms with Crippen LogP contribution in [-0.2, 0) is 0 Å². The molecule has 2 N–H and O–H groups in total. The van der Waals surface area contributed by atoms with Crippen molar-refractivity contribution in [1.82, 2.24) is 4.98 Å². The van der Waals surface area contributed by atoms with Crippen LogP contribution in [0.15, 0.2) is 6.07 Å². The fourth-order valence-electron chi connectivity index (χ4n) is 1.45. The minimum atomic E-state index is -0.975. The number of pyridine rings is 1. The fraction of sp³-hybridized carbons (Fsp3) is 0.333. The average Bonchev–Trinajstić information content (AvgIpc) is 2.16. The molecule has 0 saturated carbocycles. The van der Waals surface area contributed by atoms with E-state index in [0.717, 1.165) is 5.69 Å². The second-order valence-electron chi connectivity index (χ2n) is 3.39. The number of nitrogens with one attached hydrogen (secondary N) is 1. The highest BCUT2D eigenvalue weighted by Crippen LogP contribution is 2.18. The molecule has 0 aliphatic heterocycles. The van der Waals surface area contributed by atoms with Crippen molar-refractivity contribution in [2.45, 2.75) is 20.8 Å². The Morgan fingerprint density at radius 1 is 1.56 bits per heavy atom. The SMILES string of the molecule is CC#CCNc1nc(C)cc(C)c1C(=O)O. The van der Waals surface area contributed by atoms with Crippen molar-refractivity contribution in [3.05, 3.63) is 22.9 Å². The molecule has 1 aromatic heterocycles. The second-order valence-corrected chi connectivity index (χ2v) is 3.39. The van der Waals surface area contributed by atoms with Gasteiger partial charge in [-0.25, -0.2) is 9.78 Å². The molecule has 1 heterocycles. The minimum Gasteiger partial charge on any atom is -0.478 e. The van der Waals surface area contributed by atoms with Crippen LogP contribution in [0.1, 0.15) is 28.5 Å². The van der Waals surface area contributed by atoms with E-state index < -0.39 is 5.97 Å². The van der Waals surface area contributed by atoms with E-state index in [9.17, 15) is 4.79 Å². The van der Waals surface area contributed by atoms with Gasteiger partial charge in [-0.3, -0.25) is 0 Å². The average molecular weight is 218 g/mol. The van der Waals surface area contributed by atoms with Gasteiger partial charge in [0.1, 0.15) is 11.4 Å². The summed E-state index contributed by atoms with van der Waals surface area (Å²) in [6.07, 6.45) is 0. The third kappa shape index (κ3) is 2.74. The van der Waals surface area contributed by atoms with E-state index >= 15 is 0 Å². The molecule has 0 saturated heterocycles. The lowest BCUT2D eigenvalue weighted by Crippen LogP contribution is -2.11. The van der Waals surface area contributed by atoms with Gasteiger partial charge < -0.3 is 10.4 Å². The van der Waals surface area contributed by atoms with Crippen molar-refractivity contribution < 1.29 is 9.90 Å². The molecule has 0 amide bonds. The molecule has 1 rings (SSSR count). The van der Waals surface area contributed by atoms with Gasteiger partial charge in [-0.1, -0.05) is 5.92 Å². The van der Waals surface area contributed by atoms with E-state index in [1.807, 2.05) is 6.92 Å². The first kappa shape index (κ1) is 12.1. The molecule has 0 spiro atoms. The monoisotopic (exact) mass is 218 g/mol. The minimum absolute atomic E-state index is 0.212. The maximum Gasteiger partial charge on any atom is 0.339 e. The number of carbonyl (C=O) groups is 1. The van der Waals surface area contributed by atoms with E-state index in [1.165, 1.54) is 0 Å². The quantitative estimate of drug-likeness (QED) is 0.760. The van der Waals surface area contributed by atoms with E-state index in [4.69, 9.17) is 5.11 Å². The number of carboxylic acid groups (broad SMARTS) is 1. The molecule has 0 aliphatic carbocycles. The predicted octanol–water partition coefficient (Wildman–Crippen LogP) is 1.83. The third-order valence-corrected chi connectivity index (χ3v) is 2.08. The zero-order valence-electron chi connectivity index (χ0n) is 9.59. The topological polar surface area (TPSA) is 62.2 Å². The third-order valence-electron chi connectivity index (χ3n) is 2.08. The number of rotatable bonds is 3. The normalized spacial score (nSPS) is 9.19. The second kappa shape index (κ2) is 5.17. The van der Waals surface area contributed by atoms with E-state index in [-0.39, 0.29) is 5.56 Å². The Morgan fingerprint density at radius 3 is 2.81 bits per heavy atom. The predicted molar refractivity (Wildman–Crippen MR) is 62.6 cm³/mol. The highest BCUT2D eigenvalue weighted by Gasteiger charge is 2.14. The van der Waals surface area contributed by atoms with Crippen molar-refractivity contribution in [2.75, 3.05) is 11.9 Å². The van der Waals surface area contributed by atoms with Crippen molar-refractivity contribution >= 4 is 11.8 Å². The van der Waals surface area contributed by atoms with Crippen LogP contribution in [0.4, 0.5) is 5.82 Å². The fourth-order valence-corrected chi connectivity index (χ4v) is 1.45. The summed E-state index contributed by atoms with van der Waals surface area (Å²) in [5, 5.41) is 12.0. The zero-order valence-corrected chi connectivity index (χ0v) is 9.59. The Morgan fingerprint density at radius 2 is 2.25 bits per heavy atom. The number of hydrogen-bond acceptors (Lipinski definition) is 3. The number of aromatic carboxylic acids is 1. The Bertz CT molecular complexity index is 470. The van der Waals surface area contributed by atoms with Crippen LogP contribution < -0.4 is 5.32 Å². The van der Waals surface area contributed by atoms with Crippen LogP contribution in [0, 0.1) is 25.7 Å². The molecule has 0 radical (unpaired) electrons. The summed E-state index contributed by atoms with van der Waals surface area (Å²) in [5.41, 5.74) is 1.70. The molecule has 4 nitrogen and oxygen atoms in total. The zero-order chi connectivity index (χ0) is 12.1. The summed E-state index contributed by atoms with van der Waals surface area (Å²) in [5.74, 6) is 4.94. The van der Waals surface area contributed by atoms with Gasteiger partial charge in [0.25, 0.3) is 0 Å². The van der Waals surface area contributed by atoms with Gasteiger partial charge in [-0.05, 0) is 32.4 Å². The van der Waals surface area contributed by atoms with Gasteiger partial charge in [0.15, 0.2) is 0 Å². The summed E-state index contributed by atoms with van der Waals surface area (Å²) >= 11 is 0. The van der Waals surface area contributed by atoms with Crippen LogP contribution in [0.2, 0.25) is 0 Å². The lowest BCUT2D eigenvalue weighted by atomic mass is 10.1. The number of hydrogen-bond donors (Lipinski definition) is 2. The molecule has 0 unspecified atom stereocenters. The standard InChI is InChI=1S/C12H14N2O2/c1-4-5-6-13-11-10(12(15)16)8(2)7-9(3)14-11/h7H,6H2,1-3H3,(H,13,14)(H,15,16). The number of aryl methyl sites for hydroxylation is 2. The molecule has 0 atom stereocenters. The molecule has 4 heteroatoms. The molecule has 0 bridgehead atoms. The van der Waals surface area contributed by atoms with E-state index in [1.54, 1.807) is 19.9 Å². The largest absolute Gasteiger partial charge is 0.478 e. The number of anilines is 1. The lowest BCUT2D eigenvalue weighted by molar-refractivity contribution is 0.0697. The summed E-state index contributed by atoms with van der Waals surface area (Å²) in [6.45, 7) is 5.71. The van der Waals surface area contributed by atoms with Crippen molar-refractivity contribution in [2.24, 2.45) is 0 Å². The number of aromatic nitrogens is 1. The Labute approximate surface area is 94.7 Å². The van der Waals surface area contributed by atoms with Crippen LogP contribution in [0.3, 0.4) is 0 Å². The van der Waals surface area contributed by atoms with Crippen LogP contribution in [0.25, 0.3) is 0 Å². The van der Waals surface area contributed by atoms with Crippen LogP contribution >= 0.6 is 0 Å². The van der Waals surface area contributed by atoms with E-state index in [2.05, 4.69) is 22.1 Å². The van der Waals surface area contributed by atoms with Gasteiger partial charge in [0, 0.05) is 5.69 Å². The van der Waals surface area contributed by atoms with Crippen LogP contribution in [-0.4, -0.2) is 22.6 Å². The molecular formula is C12H14N2O2. The Hall–Kier alpha value is -2.02. The van der Waals surface area contributed by atoms with Crippen molar-refractivity contribution in [3.8, 4) is 11.8 Å². The molecule has 0 fully saturated rings. The molecule has 84 valence electrons. The lowest BCUT2D eigenvalue weighted by Gasteiger charge is -2.09. The van der Waals surface area contributed by atoms with Gasteiger partial charge >= 0.3 is 5.97 Å². The van der Waals surface area contributed by atoms with Gasteiger partial charge in [0.05, 0.1) is 6.54 Å². The molecule has 16 heavy (non-hydrogen) atoms. The van der Waals surface area contributed by atoms with Gasteiger partial charge in [-0.2, -0.15) is 0 Å². The highest BCUT2D eigenvalue weighted by molar-refractivity contribution is 5.94. The number of carboxylic acids is 1. The maximum atomic E-state index is 11.1. The molecule has 0 aromatic carbocycles. The van der Waals surface area contributed by atoms with E-state index in [0.29, 0.717) is 17.9 Å². The van der Waals surface area contributed by atoms with Gasteiger partial charge in [-0.15, -0.1) is 5.92 Å².